The fourth-order valence-electron chi connectivity index (χ4n) is 0.249. The Kier molecular flexibility index (Phi) is 8.30. The van der Waals surface area contributed by atoms with Crippen LogP contribution in [0.3, 0.4) is 0 Å². The Morgan fingerprint density at radius 2 is 1.75 bits per heavy atom. The summed E-state index contributed by atoms with van der Waals surface area (Å²) < 4.78 is 0. The van der Waals surface area contributed by atoms with Crippen molar-refractivity contribution in [2.45, 2.75) is 20.3 Å². The zero-order valence-electron chi connectivity index (χ0n) is 4.88. The van der Waals surface area contributed by atoms with Crippen LogP contribution in [0.5, 0.6) is 0 Å². The second kappa shape index (κ2) is 5.80. The van der Waals surface area contributed by atoms with E-state index in [0.717, 1.165) is 0 Å². The zero-order chi connectivity index (χ0) is 5.86. The molecule has 0 aromatic heterocycles. The van der Waals surface area contributed by atoms with E-state index in [1.54, 1.807) is 6.92 Å². The summed E-state index contributed by atoms with van der Waals surface area (Å²) in [5, 5.41) is 0. The maximum atomic E-state index is 10.2. The summed E-state index contributed by atoms with van der Waals surface area (Å²) in [6.07, 6.45) is 0.329. The van der Waals surface area contributed by atoms with E-state index in [9.17, 15) is 9.59 Å². The molecule has 0 N–H and O–H groups in total. The fourth-order valence-corrected chi connectivity index (χ4v) is 0.249. The first kappa shape index (κ1) is 11.5. The summed E-state index contributed by atoms with van der Waals surface area (Å²) in [6.45, 7) is 2.95. The van der Waals surface area contributed by atoms with Gasteiger partial charge in [-0.3, -0.25) is 9.59 Å². The molecule has 8 heavy (non-hydrogen) atoms. The van der Waals surface area contributed by atoms with Crippen molar-refractivity contribution in [3.63, 3.8) is 0 Å². The standard InChI is InChI=1S/C5H8O2.Gd/c1-3-5(7)4(2)6;/h3H2,1-2H3;. The molecule has 0 aromatic carbocycles. The molecule has 0 aliphatic heterocycles. The number of ketones is 2. The smallest absolute Gasteiger partial charge is 0.197 e. The van der Waals surface area contributed by atoms with Crippen LogP contribution >= 0.6 is 0 Å². The van der Waals surface area contributed by atoms with Gasteiger partial charge in [-0.1, -0.05) is 6.92 Å². The first-order chi connectivity index (χ1) is 3.18. The number of carbonyl (C=O) groups is 2. The van der Waals surface area contributed by atoms with Crippen LogP contribution in [0.2, 0.25) is 0 Å². The quantitative estimate of drug-likeness (QED) is 0.677. The molecule has 0 heterocycles. The van der Waals surface area contributed by atoms with E-state index in [0.29, 0.717) is 6.42 Å². The van der Waals surface area contributed by atoms with Gasteiger partial charge in [0.15, 0.2) is 11.6 Å². The van der Waals surface area contributed by atoms with Crippen molar-refractivity contribution >= 4 is 11.6 Å². The van der Waals surface area contributed by atoms with Gasteiger partial charge in [0, 0.05) is 53.3 Å². The molecular weight excluding hydrogens is 249 g/mol. The van der Waals surface area contributed by atoms with Crippen LogP contribution in [-0.2, 0) is 9.59 Å². The van der Waals surface area contributed by atoms with Crippen molar-refractivity contribution in [2.24, 2.45) is 0 Å². The van der Waals surface area contributed by atoms with E-state index in [2.05, 4.69) is 0 Å². The molecule has 0 saturated carbocycles. The topological polar surface area (TPSA) is 34.1 Å². The third kappa shape index (κ3) is 4.81. The van der Waals surface area contributed by atoms with Gasteiger partial charge in [0.05, 0.1) is 0 Å². The van der Waals surface area contributed by atoms with Crippen molar-refractivity contribution in [3.05, 3.63) is 0 Å². The van der Waals surface area contributed by atoms with Gasteiger partial charge in [0.25, 0.3) is 0 Å². The van der Waals surface area contributed by atoms with E-state index in [-0.39, 0.29) is 51.5 Å². The molecule has 0 bridgehead atoms. The van der Waals surface area contributed by atoms with Crippen molar-refractivity contribution in [1.82, 2.24) is 0 Å². The van der Waals surface area contributed by atoms with E-state index in [1.165, 1.54) is 6.92 Å². The van der Waals surface area contributed by atoms with E-state index >= 15 is 0 Å². The molecule has 2 nitrogen and oxygen atoms in total. The molecule has 0 amide bonds. The van der Waals surface area contributed by atoms with Crippen molar-refractivity contribution in [3.8, 4) is 0 Å². The maximum Gasteiger partial charge on any atom is 0.197 e. The molecule has 0 saturated heterocycles. The third-order valence-corrected chi connectivity index (χ3v) is 0.714. The maximum absolute atomic E-state index is 10.2. The molecule has 0 aliphatic rings. The number of hydrogen-bond donors (Lipinski definition) is 0. The number of carbonyl (C=O) groups excluding carboxylic acids is 2. The average Bonchev–Trinajstić information content (AvgIpc) is 1.65. The van der Waals surface area contributed by atoms with E-state index in [1.807, 2.05) is 0 Å². The van der Waals surface area contributed by atoms with Crippen molar-refractivity contribution in [1.29, 1.82) is 0 Å². The van der Waals surface area contributed by atoms with Crippen LogP contribution in [0.25, 0.3) is 0 Å². The van der Waals surface area contributed by atoms with Gasteiger partial charge < -0.3 is 0 Å². The first-order valence-electron chi connectivity index (χ1n) is 2.22. The molecule has 48 valence electrons. The number of Topliss-reactive ketones (excluding diaryl/α,β-unsaturated/α-hetero) is 2. The SMILES string of the molecule is CCC(=O)C(C)=O.[Gd]. The van der Waals surface area contributed by atoms with Crippen LogP contribution in [0.15, 0.2) is 0 Å². The van der Waals surface area contributed by atoms with Gasteiger partial charge in [-0.05, 0) is 0 Å². The Bertz CT molecular complexity index is 98.6. The molecular formula is C5H8GdO2. The second-order valence-corrected chi connectivity index (χ2v) is 1.33. The molecule has 3 heteroatoms. The Morgan fingerprint density at radius 1 is 1.38 bits per heavy atom. The van der Waals surface area contributed by atoms with Crippen LogP contribution in [-0.4, -0.2) is 11.6 Å². The minimum atomic E-state index is -0.345. The zero-order valence-corrected chi connectivity index (χ0v) is 7.15. The normalized spacial score (nSPS) is 7.25. The molecule has 0 fully saturated rings. The molecule has 0 atom stereocenters. The molecule has 0 spiro atoms. The fraction of sp³-hybridized carbons (Fsp3) is 0.600. The second-order valence-electron chi connectivity index (χ2n) is 1.33. The molecule has 0 aromatic rings. The van der Waals surface area contributed by atoms with Gasteiger partial charge in [0.1, 0.15) is 0 Å². The van der Waals surface area contributed by atoms with Gasteiger partial charge in [-0.2, -0.15) is 0 Å². The predicted octanol–water partition coefficient (Wildman–Crippen LogP) is 0.554. The monoisotopic (exact) mass is 258 g/mol. The first-order valence-corrected chi connectivity index (χ1v) is 2.22. The Labute approximate surface area is 80.7 Å². The largest absolute Gasteiger partial charge is 0.291 e. The van der Waals surface area contributed by atoms with Gasteiger partial charge in [0.2, 0.25) is 0 Å². The molecule has 0 radical (unpaired) electrons. The molecule has 0 unspecified atom stereocenters. The minimum Gasteiger partial charge on any atom is -0.291 e. The minimum absolute atomic E-state index is 0. The van der Waals surface area contributed by atoms with E-state index in [4.69, 9.17) is 0 Å². The summed E-state index contributed by atoms with van der Waals surface area (Å²) in [7, 11) is 0. The third-order valence-electron chi connectivity index (χ3n) is 0.714. The van der Waals surface area contributed by atoms with Crippen LogP contribution in [0.1, 0.15) is 20.3 Å². The van der Waals surface area contributed by atoms with E-state index < -0.39 is 0 Å². The summed E-state index contributed by atoms with van der Waals surface area (Å²) in [5.41, 5.74) is 0. The molecule has 0 aliphatic carbocycles. The Morgan fingerprint density at radius 3 is 1.75 bits per heavy atom. The average molecular weight is 257 g/mol. The summed E-state index contributed by atoms with van der Waals surface area (Å²) in [6, 6.07) is 0. The summed E-state index contributed by atoms with van der Waals surface area (Å²) in [4.78, 5) is 20.2. The van der Waals surface area contributed by atoms with Gasteiger partial charge >= 0.3 is 0 Å². The van der Waals surface area contributed by atoms with Crippen molar-refractivity contribution < 1.29 is 49.5 Å². The summed E-state index contributed by atoms with van der Waals surface area (Å²) >= 11 is 0. The van der Waals surface area contributed by atoms with Gasteiger partial charge in [-0.15, -0.1) is 0 Å². The Balaban J connectivity index is 0. The Hall–Kier alpha value is 0.665. The van der Waals surface area contributed by atoms with Crippen LogP contribution < -0.4 is 0 Å². The van der Waals surface area contributed by atoms with Crippen LogP contribution in [0, 0.1) is 39.9 Å². The molecule has 0 rings (SSSR count). The van der Waals surface area contributed by atoms with Crippen molar-refractivity contribution in [2.75, 3.05) is 0 Å². The summed E-state index contributed by atoms with van der Waals surface area (Å²) in [5.74, 6) is -0.637. The van der Waals surface area contributed by atoms with Crippen LogP contribution in [0.4, 0.5) is 0 Å². The predicted molar refractivity (Wildman–Crippen MR) is 26.0 cm³/mol. The number of rotatable bonds is 2. The van der Waals surface area contributed by atoms with Gasteiger partial charge in [-0.25, -0.2) is 0 Å². The number of hydrogen-bond acceptors (Lipinski definition) is 2.